The Morgan fingerprint density at radius 2 is 1.89 bits per heavy atom. The van der Waals surface area contributed by atoms with Crippen molar-refractivity contribution in [2.45, 2.75) is 26.3 Å². The molecule has 1 aliphatic rings. The van der Waals surface area contributed by atoms with Crippen LogP contribution in [0.3, 0.4) is 0 Å². The number of piperazine rings is 1. The van der Waals surface area contributed by atoms with Gasteiger partial charge in [-0.05, 0) is 49.7 Å². The van der Waals surface area contributed by atoms with E-state index in [4.69, 9.17) is 9.15 Å². The third-order valence-electron chi connectivity index (χ3n) is 6.39. The fraction of sp³-hybridized carbons (Fsp3) is 0.385. The molecule has 3 aromatic rings. The minimum absolute atomic E-state index is 0.0313. The van der Waals surface area contributed by atoms with Crippen LogP contribution in [-0.2, 0) is 4.79 Å². The number of furan rings is 1. The van der Waals surface area contributed by atoms with Gasteiger partial charge in [-0.15, -0.1) is 10.2 Å². The van der Waals surface area contributed by atoms with Crippen LogP contribution >= 0.6 is 0 Å². The molecule has 0 bridgehead atoms. The monoisotopic (exact) mass is 477 g/mol. The van der Waals surface area contributed by atoms with Crippen molar-refractivity contribution >= 4 is 17.6 Å². The van der Waals surface area contributed by atoms with Crippen molar-refractivity contribution in [3.8, 4) is 17.0 Å². The zero-order chi connectivity index (χ0) is 24.8. The number of aromatic nitrogens is 2. The number of ether oxygens (including phenoxy) is 1. The molecule has 184 valence electrons. The summed E-state index contributed by atoms with van der Waals surface area (Å²) in [6, 6.07) is 14.8. The zero-order valence-corrected chi connectivity index (χ0v) is 20.4. The zero-order valence-electron chi connectivity index (χ0n) is 20.4. The first-order chi connectivity index (χ1) is 17.0. The lowest BCUT2D eigenvalue weighted by atomic mass is 10.1. The van der Waals surface area contributed by atoms with Crippen molar-refractivity contribution in [2.75, 3.05) is 44.7 Å². The average Bonchev–Trinajstić information content (AvgIpc) is 3.46. The highest BCUT2D eigenvalue weighted by atomic mass is 16.5. The predicted octanol–water partition coefficient (Wildman–Crippen LogP) is 3.33. The van der Waals surface area contributed by atoms with Crippen LogP contribution in [0.4, 0.5) is 5.82 Å². The van der Waals surface area contributed by atoms with Gasteiger partial charge in [-0.1, -0.05) is 19.1 Å². The van der Waals surface area contributed by atoms with Crippen LogP contribution in [0.15, 0.2) is 59.2 Å². The number of carbonyl (C=O) groups is 2. The molecule has 0 unspecified atom stereocenters. The number of hydrogen-bond acceptors (Lipinski definition) is 7. The number of benzene rings is 1. The average molecular weight is 478 g/mol. The van der Waals surface area contributed by atoms with Crippen molar-refractivity contribution in [1.82, 2.24) is 20.0 Å². The largest absolute Gasteiger partial charge is 0.497 e. The van der Waals surface area contributed by atoms with E-state index in [2.05, 4.69) is 15.1 Å². The molecule has 1 saturated heterocycles. The fourth-order valence-corrected chi connectivity index (χ4v) is 4.05. The summed E-state index contributed by atoms with van der Waals surface area (Å²) in [6.45, 7) is 6.38. The smallest absolute Gasteiger partial charge is 0.290 e. The second kappa shape index (κ2) is 11.0. The van der Waals surface area contributed by atoms with Gasteiger partial charge in [0.2, 0.25) is 5.91 Å². The van der Waals surface area contributed by atoms with E-state index in [0.29, 0.717) is 26.2 Å². The molecule has 1 aliphatic heterocycles. The Hall–Kier alpha value is -3.88. The molecule has 9 nitrogen and oxygen atoms in total. The highest BCUT2D eigenvalue weighted by molar-refractivity contribution is 5.94. The molecule has 35 heavy (non-hydrogen) atoms. The van der Waals surface area contributed by atoms with Gasteiger partial charge >= 0.3 is 0 Å². The minimum Gasteiger partial charge on any atom is -0.497 e. The molecule has 0 spiro atoms. The number of rotatable bonds is 8. The third-order valence-corrected chi connectivity index (χ3v) is 6.39. The van der Waals surface area contributed by atoms with Gasteiger partial charge in [0.05, 0.1) is 19.1 Å². The Morgan fingerprint density at radius 1 is 1.09 bits per heavy atom. The molecule has 1 fully saturated rings. The molecule has 0 radical (unpaired) electrons. The van der Waals surface area contributed by atoms with E-state index < -0.39 is 0 Å². The third kappa shape index (κ3) is 5.62. The van der Waals surface area contributed by atoms with Gasteiger partial charge in [0.25, 0.3) is 5.91 Å². The van der Waals surface area contributed by atoms with Crippen molar-refractivity contribution in [3.63, 3.8) is 0 Å². The molecule has 2 amide bonds. The maximum atomic E-state index is 13.0. The first kappa shape index (κ1) is 24.3. The highest BCUT2D eigenvalue weighted by Gasteiger charge is 2.29. The van der Waals surface area contributed by atoms with Crippen LogP contribution in [0, 0.1) is 0 Å². The molecule has 0 aliphatic carbocycles. The topological polar surface area (TPSA) is 92.0 Å². The predicted molar refractivity (Wildman–Crippen MR) is 132 cm³/mol. The summed E-state index contributed by atoms with van der Waals surface area (Å²) in [5.74, 6) is 1.47. The lowest BCUT2D eigenvalue weighted by Gasteiger charge is -2.37. The number of anilines is 1. The minimum atomic E-state index is -0.261. The summed E-state index contributed by atoms with van der Waals surface area (Å²) < 4.78 is 10.6. The lowest BCUT2D eigenvalue weighted by Crippen LogP contribution is -2.53. The number of carbonyl (C=O) groups excluding carboxylic acids is 2. The Morgan fingerprint density at radius 3 is 2.51 bits per heavy atom. The Kier molecular flexibility index (Phi) is 7.64. The summed E-state index contributed by atoms with van der Waals surface area (Å²) >= 11 is 0. The summed E-state index contributed by atoms with van der Waals surface area (Å²) in [4.78, 5) is 31.4. The van der Waals surface area contributed by atoms with Gasteiger partial charge < -0.3 is 23.9 Å². The quantitative estimate of drug-likeness (QED) is 0.491. The molecule has 9 heteroatoms. The lowest BCUT2D eigenvalue weighted by molar-refractivity contribution is -0.132. The Balaban J connectivity index is 1.35. The van der Waals surface area contributed by atoms with Crippen molar-refractivity contribution < 1.29 is 18.7 Å². The second-order valence-electron chi connectivity index (χ2n) is 8.54. The van der Waals surface area contributed by atoms with Crippen LogP contribution in [0.25, 0.3) is 11.3 Å². The number of methoxy groups -OCH3 is 1. The molecule has 1 atom stereocenters. The van der Waals surface area contributed by atoms with Crippen LogP contribution in [0.1, 0.15) is 30.8 Å². The van der Waals surface area contributed by atoms with Crippen LogP contribution < -0.4 is 9.64 Å². The van der Waals surface area contributed by atoms with E-state index in [9.17, 15) is 9.59 Å². The molecule has 0 N–H and O–H groups in total. The molecule has 3 heterocycles. The molecule has 4 rings (SSSR count). The molecule has 1 aromatic carbocycles. The van der Waals surface area contributed by atoms with Gasteiger partial charge in [-0.25, -0.2) is 0 Å². The van der Waals surface area contributed by atoms with Crippen LogP contribution in [-0.4, -0.2) is 77.7 Å². The summed E-state index contributed by atoms with van der Waals surface area (Å²) in [6.07, 6.45) is 2.22. The number of hydrogen-bond donors (Lipinski definition) is 0. The van der Waals surface area contributed by atoms with E-state index in [1.54, 1.807) is 29.0 Å². The molecular weight excluding hydrogens is 446 g/mol. The Labute approximate surface area is 205 Å². The maximum Gasteiger partial charge on any atom is 0.290 e. The Bertz CT molecular complexity index is 1120. The fourth-order valence-electron chi connectivity index (χ4n) is 4.05. The maximum absolute atomic E-state index is 13.0. The second-order valence-corrected chi connectivity index (χ2v) is 8.54. The molecule has 0 saturated carbocycles. The van der Waals surface area contributed by atoms with E-state index in [0.717, 1.165) is 29.2 Å². The number of amides is 2. The first-order valence-electron chi connectivity index (χ1n) is 11.9. The molecule has 2 aromatic heterocycles. The van der Waals surface area contributed by atoms with Gasteiger partial charge in [-0.2, -0.15) is 0 Å². The summed E-state index contributed by atoms with van der Waals surface area (Å²) in [7, 11) is 1.64. The van der Waals surface area contributed by atoms with E-state index in [1.165, 1.54) is 6.26 Å². The SMILES string of the molecule is CC[C@@H](C)N(CC(=O)N1CCN(c2ccc(-c3cccc(OC)c3)nn2)CC1)C(=O)c1ccco1. The van der Waals surface area contributed by atoms with Crippen LogP contribution in [0.2, 0.25) is 0 Å². The van der Waals surface area contributed by atoms with Crippen molar-refractivity contribution in [1.29, 1.82) is 0 Å². The van der Waals surface area contributed by atoms with Gasteiger partial charge in [0.1, 0.15) is 12.3 Å². The normalized spacial score (nSPS) is 14.5. The van der Waals surface area contributed by atoms with E-state index in [-0.39, 0.29) is 30.2 Å². The standard InChI is InChI=1S/C26H31N5O4/c1-4-19(2)31(26(33)23-9-6-16-35-23)18-25(32)30-14-12-29(13-15-30)24-11-10-22(27-28-24)20-7-5-8-21(17-20)34-3/h5-11,16-17,19H,4,12-15,18H2,1-3H3/t19-/m1/s1. The highest BCUT2D eigenvalue weighted by Crippen LogP contribution is 2.23. The first-order valence-corrected chi connectivity index (χ1v) is 11.9. The van der Waals surface area contributed by atoms with Gasteiger partial charge in [0.15, 0.2) is 11.6 Å². The van der Waals surface area contributed by atoms with Crippen molar-refractivity contribution in [2.24, 2.45) is 0 Å². The van der Waals surface area contributed by atoms with Gasteiger partial charge in [-0.3, -0.25) is 9.59 Å². The number of nitrogens with zero attached hydrogens (tertiary/aromatic N) is 5. The van der Waals surface area contributed by atoms with E-state index >= 15 is 0 Å². The van der Waals surface area contributed by atoms with E-state index in [1.807, 2.05) is 50.2 Å². The molecular formula is C26H31N5O4. The van der Waals surface area contributed by atoms with Gasteiger partial charge in [0, 0.05) is 37.8 Å². The summed E-state index contributed by atoms with van der Waals surface area (Å²) in [5, 5.41) is 8.79. The van der Waals surface area contributed by atoms with Crippen molar-refractivity contribution in [3.05, 3.63) is 60.6 Å². The van der Waals surface area contributed by atoms with Crippen LogP contribution in [0.5, 0.6) is 5.75 Å². The summed E-state index contributed by atoms with van der Waals surface area (Å²) in [5.41, 5.74) is 1.71.